The molecule has 1 aromatic rings. The number of nitrogens with one attached hydrogen (secondary N) is 2. The molecule has 3 heterocycles. The first-order valence-electron chi connectivity index (χ1n) is 10.5. The second-order valence-corrected chi connectivity index (χ2v) is 8.37. The zero-order chi connectivity index (χ0) is 20.9. The number of hydrogen-bond acceptors (Lipinski definition) is 4. The van der Waals surface area contributed by atoms with Crippen LogP contribution >= 0.6 is 0 Å². The Morgan fingerprint density at radius 1 is 1.20 bits per heavy atom. The van der Waals surface area contributed by atoms with Crippen molar-refractivity contribution < 1.29 is 18.0 Å². The van der Waals surface area contributed by atoms with E-state index in [9.17, 15) is 18.0 Å². The molecule has 160 valence electrons. The van der Waals surface area contributed by atoms with Gasteiger partial charge in [-0.3, -0.25) is 9.89 Å². The Bertz CT molecular complexity index is 906. The summed E-state index contributed by atoms with van der Waals surface area (Å²) >= 11 is 0. The molecule has 0 radical (unpaired) electrons. The predicted molar refractivity (Wildman–Crippen MR) is 105 cm³/mol. The van der Waals surface area contributed by atoms with E-state index in [4.69, 9.17) is 0 Å². The zero-order valence-corrected chi connectivity index (χ0v) is 16.5. The highest BCUT2D eigenvalue weighted by Crippen LogP contribution is 2.36. The quantitative estimate of drug-likeness (QED) is 0.770. The van der Waals surface area contributed by atoms with E-state index >= 15 is 0 Å². The number of carbonyl (C=O) groups excluding carboxylic acids is 1. The van der Waals surface area contributed by atoms with Gasteiger partial charge in [0.15, 0.2) is 0 Å². The van der Waals surface area contributed by atoms with Crippen LogP contribution in [-0.2, 0) is 6.18 Å². The SMILES string of the molecule is O=C(NC1CCCC1)N1C2=C(C=NC(c3cccc(C(F)(F)F)c3)N2)N2CCC1C2. The first-order chi connectivity index (χ1) is 14.4. The molecule has 1 saturated carbocycles. The Kier molecular flexibility index (Phi) is 4.63. The van der Waals surface area contributed by atoms with E-state index in [0.29, 0.717) is 11.4 Å². The van der Waals surface area contributed by atoms with Crippen molar-refractivity contribution in [2.45, 2.75) is 56.5 Å². The molecule has 1 saturated heterocycles. The molecule has 0 spiro atoms. The van der Waals surface area contributed by atoms with Gasteiger partial charge < -0.3 is 15.5 Å². The van der Waals surface area contributed by atoms with Crippen LogP contribution in [0.2, 0.25) is 0 Å². The van der Waals surface area contributed by atoms with E-state index in [0.717, 1.165) is 63.0 Å². The summed E-state index contributed by atoms with van der Waals surface area (Å²) in [7, 11) is 0. The lowest BCUT2D eigenvalue weighted by molar-refractivity contribution is -0.137. The molecule has 9 heteroatoms. The van der Waals surface area contributed by atoms with E-state index in [2.05, 4.69) is 20.5 Å². The van der Waals surface area contributed by atoms with Crippen LogP contribution in [0.25, 0.3) is 0 Å². The number of aliphatic imine (C=N–C) groups is 1. The summed E-state index contributed by atoms with van der Waals surface area (Å²) in [5, 5.41) is 6.39. The van der Waals surface area contributed by atoms with Crippen LogP contribution in [0.1, 0.15) is 49.4 Å². The standard InChI is InChI=1S/C21H24F3N5O/c22-21(23,24)14-5-3-4-13(10-14)18-25-11-17-19(27-18)29(16-8-9-28(17)12-16)20(30)26-15-6-1-2-7-15/h3-5,10-11,15-16,18,27H,1-2,6-9,12H2,(H,26,30). The smallest absolute Gasteiger partial charge is 0.365 e. The Hall–Kier alpha value is -2.71. The molecule has 2 N–H and O–H groups in total. The normalized spacial score (nSPS) is 26.1. The number of nitrogens with zero attached hydrogens (tertiary/aromatic N) is 3. The molecule has 3 aliphatic heterocycles. The lowest BCUT2D eigenvalue weighted by Gasteiger charge is -2.41. The Labute approximate surface area is 172 Å². The lowest BCUT2D eigenvalue weighted by Crippen LogP contribution is -2.55. The van der Waals surface area contributed by atoms with E-state index in [-0.39, 0.29) is 18.1 Å². The molecule has 6 nitrogen and oxygen atoms in total. The van der Waals surface area contributed by atoms with Gasteiger partial charge in [0.25, 0.3) is 0 Å². The summed E-state index contributed by atoms with van der Waals surface area (Å²) in [5.41, 5.74) is 0.533. The molecular formula is C21H24F3N5O. The maximum atomic E-state index is 13.2. The largest absolute Gasteiger partial charge is 0.416 e. The molecular weight excluding hydrogens is 395 g/mol. The van der Waals surface area contributed by atoms with E-state index < -0.39 is 17.9 Å². The van der Waals surface area contributed by atoms with Crippen molar-refractivity contribution in [1.29, 1.82) is 0 Å². The summed E-state index contributed by atoms with van der Waals surface area (Å²) in [6, 6.07) is 5.28. The maximum Gasteiger partial charge on any atom is 0.416 e. The zero-order valence-electron chi connectivity index (χ0n) is 16.5. The van der Waals surface area contributed by atoms with Crippen LogP contribution in [0.15, 0.2) is 40.8 Å². The van der Waals surface area contributed by atoms with Gasteiger partial charge in [-0.25, -0.2) is 4.79 Å². The van der Waals surface area contributed by atoms with Gasteiger partial charge in [0.2, 0.25) is 0 Å². The van der Waals surface area contributed by atoms with Gasteiger partial charge in [-0.05, 0) is 37.0 Å². The van der Waals surface area contributed by atoms with Crippen molar-refractivity contribution in [2.24, 2.45) is 4.99 Å². The number of halogens is 3. The fourth-order valence-corrected chi connectivity index (χ4v) is 4.86. The van der Waals surface area contributed by atoms with Gasteiger partial charge in [0, 0.05) is 19.1 Å². The first kappa shape index (κ1) is 19.3. The number of alkyl halides is 3. The number of hydrogen-bond donors (Lipinski definition) is 2. The number of fused-ring (bicyclic) bond motifs is 3. The third kappa shape index (κ3) is 3.40. The van der Waals surface area contributed by atoms with Crippen LogP contribution < -0.4 is 10.6 Å². The number of urea groups is 1. The minimum atomic E-state index is -4.42. The van der Waals surface area contributed by atoms with Crippen molar-refractivity contribution >= 4 is 12.2 Å². The van der Waals surface area contributed by atoms with Crippen molar-refractivity contribution in [3.8, 4) is 0 Å². The average molecular weight is 419 g/mol. The van der Waals surface area contributed by atoms with Crippen molar-refractivity contribution in [1.82, 2.24) is 20.4 Å². The number of rotatable bonds is 2. The molecule has 2 atom stereocenters. The summed E-state index contributed by atoms with van der Waals surface area (Å²) in [4.78, 5) is 21.6. The Morgan fingerprint density at radius 2 is 2.00 bits per heavy atom. The molecule has 2 unspecified atom stereocenters. The fraction of sp³-hybridized carbons (Fsp3) is 0.524. The maximum absolute atomic E-state index is 13.2. The number of allylic oxidation sites excluding steroid dienone is 1. The summed E-state index contributed by atoms with van der Waals surface area (Å²) < 4.78 is 39.4. The second kappa shape index (κ2) is 7.21. The Morgan fingerprint density at radius 3 is 2.77 bits per heavy atom. The van der Waals surface area contributed by atoms with Crippen LogP contribution in [0.5, 0.6) is 0 Å². The van der Waals surface area contributed by atoms with Crippen LogP contribution in [0.3, 0.4) is 0 Å². The fourth-order valence-electron chi connectivity index (χ4n) is 4.86. The minimum absolute atomic E-state index is 0.0475. The van der Waals surface area contributed by atoms with E-state index in [1.807, 2.05) is 0 Å². The first-order valence-corrected chi connectivity index (χ1v) is 10.5. The van der Waals surface area contributed by atoms with Gasteiger partial charge >= 0.3 is 12.2 Å². The van der Waals surface area contributed by atoms with Crippen molar-refractivity contribution in [3.05, 3.63) is 46.9 Å². The molecule has 0 aromatic heterocycles. The minimum Gasteiger partial charge on any atom is -0.365 e. The highest BCUT2D eigenvalue weighted by atomic mass is 19.4. The average Bonchev–Trinajstić information content (AvgIpc) is 3.38. The number of carbonyl (C=O) groups is 1. The summed E-state index contributed by atoms with van der Waals surface area (Å²) in [5.74, 6) is 0.636. The number of benzene rings is 1. The molecule has 2 bridgehead atoms. The molecule has 2 amide bonds. The van der Waals surface area contributed by atoms with Gasteiger partial charge in [-0.15, -0.1) is 0 Å². The van der Waals surface area contributed by atoms with E-state index in [1.54, 1.807) is 17.2 Å². The van der Waals surface area contributed by atoms with Crippen molar-refractivity contribution in [3.63, 3.8) is 0 Å². The van der Waals surface area contributed by atoms with Gasteiger partial charge in [0.1, 0.15) is 12.0 Å². The molecule has 30 heavy (non-hydrogen) atoms. The molecule has 5 rings (SSSR count). The van der Waals surface area contributed by atoms with Gasteiger partial charge in [-0.1, -0.05) is 25.0 Å². The molecule has 1 aromatic carbocycles. The summed E-state index contributed by atoms with van der Waals surface area (Å²) in [6.07, 6.45) is 1.68. The van der Waals surface area contributed by atoms with Crippen LogP contribution in [-0.4, -0.2) is 47.2 Å². The van der Waals surface area contributed by atoms with Crippen LogP contribution in [0.4, 0.5) is 18.0 Å². The molecule has 1 aliphatic carbocycles. The second-order valence-electron chi connectivity index (χ2n) is 8.37. The predicted octanol–water partition coefficient (Wildman–Crippen LogP) is 3.59. The summed E-state index contributed by atoms with van der Waals surface area (Å²) in [6.45, 7) is 1.58. The van der Waals surface area contributed by atoms with Gasteiger partial charge in [-0.2, -0.15) is 13.2 Å². The third-order valence-electron chi connectivity index (χ3n) is 6.40. The third-order valence-corrected chi connectivity index (χ3v) is 6.40. The van der Waals surface area contributed by atoms with E-state index in [1.165, 1.54) is 6.07 Å². The number of amides is 2. The monoisotopic (exact) mass is 419 g/mol. The highest BCUT2D eigenvalue weighted by molar-refractivity contribution is 5.85. The van der Waals surface area contributed by atoms with Crippen molar-refractivity contribution in [2.75, 3.05) is 13.1 Å². The molecule has 4 aliphatic rings. The topological polar surface area (TPSA) is 60.0 Å². The Balaban J connectivity index is 1.42. The van der Waals surface area contributed by atoms with Crippen LogP contribution in [0, 0.1) is 0 Å². The highest BCUT2D eigenvalue weighted by Gasteiger charge is 2.43. The van der Waals surface area contributed by atoms with Gasteiger partial charge in [0.05, 0.1) is 23.5 Å². The lowest BCUT2D eigenvalue weighted by atomic mass is 10.1. The molecule has 2 fully saturated rings.